The summed E-state index contributed by atoms with van der Waals surface area (Å²) < 4.78 is 55.5. The van der Waals surface area contributed by atoms with Gasteiger partial charge in [-0.2, -0.15) is 27.8 Å². The molecule has 0 amide bonds. The predicted octanol–water partition coefficient (Wildman–Crippen LogP) is 4.48. The summed E-state index contributed by atoms with van der Waals surface area (Å²) in [5.74, 6) is 0.477. The first-order valence-electron chi connectivity index (χ1n) is 10.4. The zero-order chi connectivity index (χ0) is 24.6. The average molecular weight is 476 g/mol. The third-order valence-corrected chi connectivity index (χ3v) is 5.17. The molecule has 3 aromatic heterocycles. The number of ether oxygens (including phenoxy) is 2. The van der Waals surface area contributed by atoms with Crippen molar-refractivity contribution in [1.29, 1.82) is 0 Å². The number of nitrogens with zero attached hydrogens (tertiary/aromatic N) is 5. The lowest BCUT2D eigenvalue weighted by atomic mass is 10.0. The lowest BCUT2D eigenvalue weighted by Crippen LogP contribution is -2.21. The van der Waals surface area contributed by atoms with Gasteiger partial charge in [0.15, 0.2) is 5.65 Å². The number of fused-ring (bicyclic) bond motifs is 1. The molecule has 0 spiro atoms. The van der Waals surface area contributed by atoms with Gasteiger partial charge in [-0.3, -0.25) is 0 Å². The van der Waals surface area contributed by atoms with E-state index in [4.69, 9.17) is 14.0 Å². The summed E-state index contributed by atoms with van der Waals surface area (Å²) in [6.45, 7) is 5.51. The van der Waals surface area contributed by atoms with E-state index < -0.39 is 12.0 Å². The van der Waals surface area contributed by atoms with Crippen molar-refractivity contribution in [1.82, 2.24) is 24.7 Å². The normalized spacial score (nSPS) is 12.7. The van der Waals surface area contributed by atoms with Crippen molar-refractivity contribution in [3.8, 4) is 22.6 Å². The third-order valence-electron chi connectivity index (χ3n) is 5.17. The molecular formula is C22H23F3N6O3. The van der Waals surface area contributed by atoms with Crippen LogP contribution in [0.3, 0.4) is 0 Å². The van der Waals surface area contributed by atoms with E-state index in [0.717, 1.165) is 22.5 Å². The maximum atomic E-state index is 12.7. The molecule has 4 aromatic rings. The zero-order valence-corrected chi connectivity index (χ0v) is 19.2. The molecule has 1 aromatic carbocycles. The largest absolute Gasteiger partial charge is 0.497 e. The third kappa shape index (κ3) is 4.47. The van der Waals surface area contributed by atoms with E-state index in [9.17, 15) is 13.2 Å². The second-order valence-electron chi connectivity index (χ2n) is 7.80. The van der Waals surface area contributed by atoms with Gasteiger partial charge in [0.2, 0.25) is 5.89 Å². The maximum Gasteiger partial charge on any atom is 0.455 e. The van der Waals surface area contributed by atoms with E-state index >= 15 is 0 Å². The van der Waals surface area contributed by atoms with Gasteiger partial charge in [0.05, 0.1) is 25.5 Å². The second-order valence-corrected chi connectivity index (χ2v) is 7.80. The van der Waals surface area contributed by atoms with Crippen LogP contribution in [0.25, 0.3) is 16.8 Å². The van der Waals surface area contributed by atoms with Crippen LogP contribution >= 0.6 is 0 Å². The predicted molar refractivity (Wildman–Crippen MR) is 117 cm³/mol. The fourth-order valence-corrected chi connectivity index (χ4v) is 3.69. The minimum atomic E-state index is -4.65. The van der Waals surface area contributed by atoms with Gasteiger partial charge in [0, 0.05) is 35.9 Å². The van der Waals surface area contributed by atoms with Gasteiger partial charge in [-0.1, -0.05) is 5.16 Å². The van der Waals surface area contributed by atoms with Crippen molar-refractivity contribution < 1.29 is 27.2 Å². The molecule has 0 aliphatic heterocycles. The molecule has 0 radical (unpaired) electrons. The molecule has 180 valence electrons. The SMILES string of the molecule is COc1ccc(-c2c(C)nn3c(NC(C)Cc4nc(C(F)(F)F)no4)cc(C)nc23)c(OC)c1. The molecule has 0 saturated carbocycles. The minimum absolute atomic E-state index is 0.0886. The van der Waals surface area contributed by atoms with Crippen LogP contribution in [-0.2, 0) is 12.6 Å². The number of nitrogens with one attached hydrogen (secondary N) is 1. The number of hydrogen-bond donors (Lipinski definition) is 1. The summed E-state index contributed by atoms with van der Waals surface area (Å²) in [6.07, 6.45) is -4.57. The van der Waals surface area contributed by atoms with Crippen LogP contribution in [0.2, 0.25) is 0 Å². The van der Waals surface area contributed by atoms with E-state index in [0.29, 0.717) is 23.0 Å². The van der Waals surface area contributed by atoms with Gasteiger partial charge in [-0.15, -0.1) is 0 Å². The molecule has 0 saturated heterocycles. The van der Waals surface area contributed by atoms with Crippen molar-refractivity contribution in [2.45, 2.75) is 39.4 Å². The Morgan fingerprint density at radius 2 is 1.88 bits per heavy atom. The highest BCUT2D eigenvalue weighted by Crippen LogP contribution is 2.37. The molecule has 12 heteroatoms. The van der Waals surface area contributed by atoms with Crippen molar-refractivity contribution in [2.24, 2.45) is 0 Å². The number of anilines is 1. The maximum absolute atomic E-state index is 12.7. The summed E-state index contributed by atoms with van der Waals surface area (Å²) in [7, 11) is 3.16. The van der Waals surface area contributed by atoms with Crippen molar-refractivity contribution in [3.05, 3.63) is 47.4 Å². The second kappa shape index (κ2) is 8.84. The Kier molecular flexibility index (Phi) is 6.07. The summed E-state index contributed by atoms with van der Waals surface area (Å²) in [5.41, 5.74) is 3.66. The van der Waals surface area contributed by atoms with Gasteiger partial charge >= 0.3 is 6.18 Å². The Balaban J connectivity index is 1.69. The Morgan fingerprint density at radius 1 is 1.12 bits per heavy atom. The molecule has 0 bridgehead atoms. The van der Waals surface area contributed by atoms with Gasteiger partial charge in [-0.25, -0.2) is 4.98 Å². The van der Waals surface area contributed by atoms with Crippen LogP contribution in [0.1, 0.15) is 30.0 Å². The van der Waals surface area contributed by atoms with Crippen LogP contribution < -0.4 is 14.8 Å². The Morgan fingerprint density at radius 3 is 2.53 bits per heavy atom. The fourth-order valence-electron chi connectivity index (χ4n) is 3.69. The summed E-state index contributed by atoms with van der Waals surface area (Å²) in [4.78, 5) is 8.11. The molecule has 4 rings (SSSR count). The number of aryl methyl sites for hydroxylation is 2. The standard InChI is InChI=1S/C22H23F3N6O3/c1-11-8-17(26-12(2)9-18-28-21(30-34-18)22(23,24)25)31-20(27-11)19(13(3)29-31)15-7-6-14(32-4)10-16(15)33-5/h6-8,10,12,26H,9H2,1-5H3. The van der Waals surface area contributed by atoms with E-state index in [1.807, 2.05) is 26.0 Å². The Bertz CT molecular complexity index is 1330. The molecule has 0 aliphatic rings. The number of halogens is 3. The molecule has 1 N–H and O–H groups in total. The van der Waals surface area contributed by atoms with Crippen LogP contribution in [-0.4, -0.2) is 45.0 Å². The first kappa shape index (κ1) is 23.3. The lowest BCUT2D eigenvalue weighted by Gasteiger charge is -2.15. The van der Waals surface area contributed by atoms with Crippen LogP contribution in [0.4, 0.5) is 19.0 Å². The first-order valence-corrected chi connectivity index (χ1v) is 10.4. The molecule has 3 heterocycles. The monoisotopic (exact) mass is 476 g/mol. The average Bonchev–Trinajstić information content (AvgIpc) is 3.37. The van der Waals surface area contributed by atoms with Gasteiger partial charge in [0.25, 0.3) is 5.82 Å². The highest BCUT2D eigenvalue weighted by Gasteiger charge is 2.37. The van der Waals surface area contributed by atoms with Crippen LogP contribution in [0.15, 0.2) is 28.8 Å². The molecular weight excluding hydrogens is 453 g/mol. The smallest absolute Gasteiger partial charge is 0.455 e. The summed E-state index contributed by atoms with van der Waals surface area (Å²) in [6, 6.07) is 6.97. The quantitative estimate of drug-likeness (QED) is 0.417. The van der Waals surface area contributed by atoms with E-state index in [2.05, 4.69) is 25.5 Å². The summed E-state index contributed by atoms with van der Waals surface area (Å²) in [5, 5.41) is 10.9. The number of hydrogen-bond acceptors (Lipinski definition) is 8. The highest BCUT2D eigenvalue weighted by molar-refractivity contribution is 5.85. The number of aromatic nitrogens is 5. The van der Waals surface area contributed by atoms with Gasteiger partial charge in [0.1, 0.15) is 17.3 Å². The van der Waals surface area contributed by atoms with Crippen molar-refractivity contribution in [3.63, 3.8) is 0 Å². The molecule has 9 nitrogen and oxygen atoms in total. The Hall–Kier alpha value is -3.83. The first-order chi connectivity index (χ1) is 16.1. The number of alkyl halides is 3. The zero-order valence-electron chi connectivity index (χ0n) is 19.2. The van der Waals surface area contributed by atoms with Gasteiger partial charge < -0.3 is 19.3 Å². The van der Waals surface area contributed by atoms with Crippen molar-refractivity contribution in [2.75, 3.05) is 19.5 Å². The van der Waals surface area contributed by atoms with E-state index in [-0.39, 0.29) is 18.4 Å². The highest BCUT2D eigenvalue weighted by atomic mass is 19.4. The van der Waals surface area contributed by atoms with Crippen LogP contribution in [0, 0.1) is 13.8 Å². The fraction of sp³-hybridized carbons (Fsp3) is 0.364. The van der Waals surface area contributed by atoms with E-state index in [1.54, 1.807) is 37.8 Å². The van der Waals surface area contributed by atoms with Gasteiger partial charge in [-0.05, 0) is 32.9 Å². The Labute approximate surface area is 192 Å². The molecule has 1 atom stereocenters. The summed E-state index contributed by atoms with van der Waals surface area (Å²) >= 11 is 0. The molecule has 0 aliphatic carbocycles. The lowest BCUT2D eigenvalue weighted by molar-refractivity contribution is -0.146. The van der Waals surface area contributed by atoms with Crippen molar-refractivity contribution >= 4 is 11.5 Å². The number of benzene rings is 1. The number of rotatable bonds is 7. The molecule has 0 fully saturated rings. The topological polar surface area (TPSA) is 99.6 Å². The minimum Gasteiger partial charge on any atom is -0.497 e. The molecule has 1 unspecified atom stereocenters. The van der Waals surface area contributed by atoms with E-state index in [1.165, 1.54) is 0 Å². The van der Waals surface area contributed by atoms with Crippen LogP contribution in [0.5, 0.6) is 11.5 Å². The molecule has 34 heavy (non-hydrogen) atoms. The number of methoxy groups -OCH3 is 2.